The Labute approximate surface area is 148 Å². The molecule has 2 aromatic carbocycles. The molecule has 132 valence electrons. The molecule has 1 heterocycles. The summed E-state index contributed by atoms with van der Waals surface area (Å²) in [5.41, 5.74) is 2.15. The van der Waals surface area contributed by atoms with E-state index in [1.165, 1.54) is 0 Å². The molecule has 0 unspecified atom stereocenters. The van der Waals surface area contributed by atoms with Gasteiger partial charge in [-0.1, -0.05) is 60.7 Å². The first-order valence-electron chi connectivity index (χ1n) is 8.36. The van der Waals surface area contributed by atoms with Crippen molar-refractivity contribution in [1.82, 2.24) is 10.6 Å². The van der Waals surface area contributed by atoms with Crippen LogP contribution >= 0.6 is 0 Å². The Hall–Kier alpha value is -2.18. The number of rotatable bonds is 6. The quantitative estimate of drug-likeness (QED) is 0.824. The molecule has 1 amide bonds. The molecule has 2 aromatic rings. The Morgan fingerprint density at radius 2 is 1.56 bits per heavy atom. The van der Waals surface area contributed by atoms with Gasteiger partial charge >= 0.3 is 0 Å². The minimum atomic E-state index is -2.99. The molecule has 1 aliphatic rings. The molecule has 0 radical (unpaired) electrons. The summed E-state index contributed by atoms with van der Waals surface area (Å²) in [4.78, 5) is 12.2. The maximum Gasteiger partial charge on any atom is 0.234 e. The van der Waals surface area contributed by atoms with Crippen molar-refractivity contribution in [3.63, 3.8) is 0 Å². The Kier molecular flexibility index (Phi) is 5.50. The van der Waals surface area contributed by atoms with Gasteiger partial charge in [-0.3, -0.25) is 10.1 Å². The van der Waals surface area contributed by atoms with Crippen molar-refractivity contribution in [2.24, 2.45) is 0 Å². The molecule has 1 saturated heterocycles. The molecule has 5 nitrogen and oxygen atoms in total. The fourth-order valence-electron chi connectivity index (χ4n) is 3.10. The van der Waals surface area contributed by atoms with Gasteiger partial charge in [0.05, 0.1) is 24.1 Å². The lowest BCUT2D eigenvalue weighted by Crippen LogP contribution is -2.42. The first kappa shape index (κ1) is 17.6. The zero-order valence-electron chi connectivity index (χ0n) is 13.9. The van der Waals surface area contributed by atoms with E-state index in [1.807, 2.05) is 60.7 Å². The maximum atomic E-state index is 12.2. The van der Waals surface area contributed by atoms with Gasteiger partial charge in [0.15, 0.2) is 9.84 Å². The van der Waals surface area contributed by atoms with Crippen molar-refractivity contribution in [3.05, 3.63) is 71.8 Å². The van der Waals surface area contributed by atoms with Gasteiger partial charge in [0.1, 0.15) is 0 Å². The number of nitrogens with one attached hydrogen (secondary N) is 2. The largest absolute Gasteiger partial charge is 0.351 e. The van der Waals surface area contributed by atoms with Crippen LogP contribution in [0.25, 0.3) is 0 Å². The Morgan fingerprint density at radius 3 is 2.04 bits per heavy atom. The van der Waals surface area contributed by atoms with Crippen molar-refractivity contribution in [2.75, 3.05) is 18.1 Å². The average Bonchev–Trinajstić information content (AvgIpc) is 2.95. The summed E-state index contributed by atoms with van der Waals surface area (Å²) in [5, 5.41) is 6.10. The van der Waals surface area contributed by atoms with Gasteiger partial charge in [0.2, 0.25) is 5.91 Å². The number of carbonyl (C=O) groups is 1. The minimum Gasteiger partial charge on any atom is -0.351 e. The summed E-state index contributed by atoms with van der Waals surface area (Å²) >= 11 is 0. The molecule has 0 aliphatic carbocycles. The molecule has 6 heteroatoms. The Balaban J connectivity index is 1.64. The number of hydrogen-bond donors (Lipinski definition) is 2. The molecule has 0 saturated carbocycles. The minimum absolute atomic E-state index is 0.0412. The molecule has 1 atom stereocenters. The highest BCUT2D eigenvalue weighted by Gasteiger charge is 2.28. The average molecular weight is 358 g/mol. The van der Waals surface area contributed by atoms with Crippen LogP contribution in [-0.2, 0) is 14.6 Å². The van der Waals surface area contributed by atoms with Gasteiger partial charge in [0, 0.05) is 6.04 Å². The zero-order chi connectivity index (χ0) is 17.7. The van der Waals surface area contributed by atoms with Gasteiger partial charge in [-0.2, -0.15) is 0 Å². The SMILES string of the molecule is O=C(CNC(c1ccccc1)c1ccccc1)N[C@@H]1CCS(=O)(=O)C1. The smallest absolute Gasteiger partial charge is 0.234 e. The monoisotopic (exact) mass is 358 g/mol. The van der Waals surface area contributed by atoms with E-state index in [0.29, 0.717) is 6.42 Å². The number of sulfone groups is 1. The number of carbonyl (C=O) groups excluding carboxylic acids is 1. The van der Waals surface area contributed by atoms with Crippen LogP contribution in [0.1, 0.15) is 23.6 Å². The van der Waals surface area contributed by atoms with Crippen LogP contribution < -0.4 is 10.6 Å². The van der Waals surface area contributed by atoms with Crippen LogP contribution in [0.3, 0.4) is 0 Å². The van der Waals surface area contributed by atoms with Gasteiger partial charge in [0.25, 0.3) is 0 Å². The van der Waals surface area contributed by atoms with E-state index in [0.717, 1.165) is 11.1 Å². The summed E-state index contributed by atoms with van der Waals surface area (Å²) in [5.74, 6) is 0.0145. The molecule has 0 aromatic heterocycles. The van der Waals surface area contributed by atoms with Crippen LogP contribution in [0.15, 0.2) is 60.7 Å². The van der Waals surface area contributed by atoms with Gasteiger partial charge < -0.3 is 5.32 Å². The second kappa shape index (κ2) is 7.80. The molecule has 1 fully saturated rings. The van der Waals surface area contributed by atoms with Gasteiger partial charge in [-0.15, -0.1) is 0 Å². The zero-order valence-corrected chi connectivity index (χ0v) is 14.7. The first-order valence-corrected chi connectivity index (χ1v) is 10.2. The van der Waals surface area contributed by atoms with E-state index in [1.54, 1.807) is 0 Å². The topological polar surface area (TPSA) is 75.3 Å². The summed E-state index contributed by atoms with van der Waals surface area (Å²) in [7, 11) is -2.99. The molecule has 1 aliphatic heterocycles. The number of benzene rings is 2. The fourth-order valence-corrected chi connectivity index (χ4v) is 4.77. The van der Waals surface area contributed by atoms with Crippen LogP contribution in [0.5, 0.6) is 0 Å². The van der Waals surface area contributed by atoms with Crippen molar-refractivity contribution in [1.29, 1.82) is 0 Å². The van der Waals surface area contributed by atoms with Crippen molar-refractivity contribution in [2.45, 2.75) is 18.5 Å². The normalized spacial score (nSPS) is 19.0. The lowest BCUT2D eigenvalue weighted by Gasteiger charge is -2.20. The summed E-state index contributed by atoms with van der Waals surface area (Å²) in [6.07, 6.45) is 0.495. The summed E-state index contributed by atoms with van der Waals surface area (Å²) in [6.45, 7) is 0.130. The Bertz CT molecular complexity index is 768. The molecular formula is C19H22N2O3S. The predicted octanol–water partition coefficient (Wildman–Crippen LogP) is 1.67. The highest BCUT2D eigenvalue weighted by atomic mass is 32.2. The molecule has 2 N–H and O–H groups in total. The van der Waals surface area contributed by atoms with E-state index in [-0.39, 0.29) is 36.0 Å². The van der Waals surface area contributed by atoms with Crippen LogP contribution in [0.4, 0.5) is 0 Å². The third kappa shape index (κ3) is 4.90. The van der Waals surface area contributed by atoms with E-state index in [2.05, 4.69) is 10.6 Å². The van der Waals surface area contributed by atoms with Crippen molar-refractivity contribution in [3.8, 4) is 0 Å². The summed E-state index contributed by atoms with van der Waals surface area (Å²) in [6, 6.07) is 19.5. The van der Waals surface area contributed by atoms with Gasteiger partial charge in [-0.05, 0) is 17.5 Å². The first-order chi connectivity index (χ1) is 12.0. The van der Waals surface area contributed by atoms with E-state index >= 15 is 0 Å². The lowest BCUT2D eigenvalue weighted by molar-refractivity contribution is -0.120. The standard InChI is InChI=1S/C19H22N2O3S/c22-18(21-17-11-12-25(23,24)14-17)13-20-19(15-7-3-1-4-8-15)16-9-5-2-6-10-16/h1-10,17,19-20H,11-14H2,(H,21,22)/t17-/m1/s1. The van der Waals surface area contributed by atoms with E-state index in [9.17, 15) is 13.2 Å². The number of amides is 1. The molecule has 3 rings (SSSR count). The maximum absolute atomic E-state index is 12.2. The highest BCUT2D eigenvalue weighted by Crippen LogP contribution is 2.21. The second-order valence-corrected chi connectivity index (χ2v) is 8.53. The van der Waals surface area contributed by atoms with E-state index in [4.69, 9.17) is 0 Å². The predicted molar refractivity (Wildman–Crippen MR) is 97.9 cm³/mol. The molecule has 25 heavy (non-hydrogen) atoms. The van der Waals surface area contributed by atoms with Crippen LogP contribution in [-0.4, -0.2) is 38.4 Å². The summed E-state index contributed by atoms with van der Waals surface area (Å²) < 4.78 is 23.0. The highest BCUT2D eigenvalue weighted by molar-refractivity contribution is 7.91. The van der Waals surface area contributed by atoms with Crippen molar-refractivity contribution < 1.29 is 13.2 Å². The third-order valence-electron chi connectivity index (χ3n) is 4.33. The van der Waals surface area contributed by atoms with Crippen LogP contribution in [0.2, 0.25) is 0 Å². The Morgan fingerprint density at radius 1 is 1.00 bits per heavy atom. The van der Waals surface area contributed by atoms with Crippen molar-refractivity contribution >= 4 is 15.7 Å². The molecule has 0 spiro atoms. The lowest BCUT2D eigenvalue weighted by atomic mass is 9.99. The van der Waals surface area contributed by atoms with Crippen LogP contribution in [0, 0.1) is 0 Å². The molecule has 0 bridgehead atoms. The number of hydrogen-bond acceptors (Lipinski definition) is 4. The third-order valence-corrected chi connectivity index (χ3v) is 6.10. The fraction of sp³-hybridized carbons (Fsp3) is 0.316. The van der Waals surface area contributed by atoms with E-state index < -0.39 is 9.84 Å². The van der Waals surface area contributed by atoms with Gasteiger partial charge in [-0.25, -0.2) is 8.42 Å². The second-order valence-electron chi connectivity index (χ2n) is 6.30. The molecular weight excluding hydrogens is 336 g/mol.